The Morgan fingerprint density at radius 3 is 2.58 bits per heavy atom. The molecule has 130 valence electrons. The first-order chi connectivity index (χ1) is 12.6. The first-order valence-electron chi connectivity index (χ1n) is 8.32. The molecule has 0 radical (unpaired) electrons. The number of carbonyl (C=O) groups is 1. The number of benzene rings is 2. The maximum Gasteiger partial charge on any atom is 0.278 e. The second-order valence-electron chi connectivity index (χ2n) is 6.13. The number of nitrogens with one attached hydrogen (secondary N) is 1. The molecule has 3 aromatic rings. The largest absolute Gasteiger partial charge is 0.355 e. The average molecular weight is 348 g/mol. The molecule has 4 rings (SSSR count). The summed E-state index contributed by atoms with van der Waals surface area (Å²) in [6, 6.07) is 12.5. The van der Waals surface area contributed by atoms with Gasteiger partial charge >= 0.3 is 0 Å². The number of carbonyl (C=O) groups excluding carboxylic acids is 1. The number of aromatic nitrogens is 1. The molecular formula is C19H16N4O3. The molecule has 7 heteroatoms. The fraction of sp³-hybridized carbons (Fsp3) is 0.158. The zero-order valence-corrected chi connectivity index (χ0v) is 13.9. The van der Waals surface area contributed by atoms with E-state index in [0.717, 1.165) is 35.4 Å². The van der Waals surface area contributed by atoms with E-state index >= 15 is 0 Å². The summed E-state index contributed by atoms with van der Waals surface area (Å²) in [6.07, 6.45) is 4.60. The topological polar surface area (TPSA) is 88.4 Å². The molecule has 1 aliphatic rings. The van der Waals surface area contributed by atoms with E-state index < -0.39 is 4.92 Å². The summed E-state index contributed by atoms with van der Waals surface area (Å²) in [7, 11) is 0. The number of hydrogen-bond donors (Lipinski definition) is 1. The highest BCUT2D eigenvalue weighted by molar-refractivity contribution is 6.00. The number of rotatable bonds is 4. The first-order valence-corrected chi connectivity index (χ1v) is 8.32. The van der Waals surface area contributed by atoms with Crippen LogP contribution in [0.3, 0.4) is 0 Å². The van der Waals surface area contributed by atoms with Crippen LogP contribution in [-0.4, -0.2) is 22.4 Å². The fourth-order valence-corrected chi connectivity index (χ4v) is 3.24. The molecule has 1 aliphatic heterocycles. The minimum Gasteiger partial charge on any atom is -0.355 e. The summed E-state index contributed by atoms with van der Waals surface area (Å²) in [5, 5.41) is 15.7. The van der Waals surface area contributed by atoms with Crippen LogP contribution in [0.2, 0.25) is 0 Å². The van der Waals surface area contributed by atoms with Crippen molar-refractivity contribution in [2.75, 3.05) is 16.8 Å². The average Bonchev–Trinajstić information content (AvgIpc) is 3.08. The Morgan fingerprint density at radius 2 is 1.88 bits per heavy atom. The zero-order chi connectivity index (χ0) is 18.1. The molecule has 0 unspecified atom stereocenters. The van der Waals surface area contributed by atoms with E-state index in [4.69, 9.17) is 0 Å². The molecule has 0 bridgehead atoms. The van der Waals surface area contributed by atoms with Crippen molar-refractivity contribution in [2.45, 2.75) is 12.8 Å². The number of hydrogen-bond acceptors (Lipinski definition) is 5. The van der Waals surface area contributed by atoms with E-state index in [-0.39, 0.29) is 11.6 Å². The Balaban J connectivity index is 1.64. The predicted molar refractivity (Wildman–Crippen MR) is 99.7 cm³/mol. The molecule has 0 spiro atoms. The van der Waals surface area contributed by atoms with Crippen LogP contribution in [0.15, 0.2) is 54.9 Å². The number of pyridine rings is 1. The van der Waals surface area contributed by atoms with Crippen molar-refractivity contribution in [1.29, 1.82) is 0 Å². The molecule has 0 saturated carbocycles. The lowest BCUT2D eigenvalue weighted by molar-refractivity contribution is -0.383. The molecule has 1 fully saturated rings. The molecule has 1 aromatic heterocycles. The number of anilines is 3. The van der Waals surface area contributed by atoms with Crippen molar-refractivity contribution in [2.24, 2.45) is 0 Å². The minimum atomic E-state index is -0.407. The molecule has 0 atom stereocenters. The van der Waals surface area contributed by atoms with Crippen molar-refractivity contribution >= 4 is 39.4 Å². The third-order valence-corrected chi connectivity index (χ3v) is 4.52. The van der Waals surface area contributed by atoms with Crippen LogP contribution in [-0.2, 0) is 4.79 Å². The zero-order valence-electron chi connectivity index (χ0n) is 13.9. The molecule has 1 amide bonds. The Labute approximate surface area is 149 Å². The van der Waals surface area contributed by atoms with Crippen LogP contribution < -0.4 is 10.2 Å². The van der Waals surface area contributed by atoms with E-state index in [9.17, 15) is 14.9 Å². The molecular weight excluding hydrogens is 332 g/mol. The molecule has 1 N–H and O–H groups in total. The Bertz CT molecular complexity index is 1000. The first kappa shape index (κ1) is 16.0. The van der Waals surface area contributed by atoms with E-state index in [1.807, 2.05) is 24.3 Å². The van der Waals surface area contributed by atoms with Gasteiger partial charge in [-0.3, -0.25) is 19.9 Å². The molecule has 2 heterocycles. The van der Waals surface area contributed by atoms with E-state index in [0.29, 0.717) is 11.8 Å². The fourth-order valence-electron chi connectivity index (χ4n) is 3.24. The van der Waals surface area contributed by atoms with E-state index in [1.54, 1.807) is 23.2 Å². The summed E-state index contributed by atoms with van der Waals surface area (Å²) >= 11 is 0. The SMILES string of the molecule is O=C1CCCN1c1ccc(Nc2ccc([N+](=O)[O-])c3cnccc23)cc1. The van der Waals surface area contributed by atoms with Crippen LogP contribution in [0.25, 0.3) is 10.8 Å². The highest BCUT2D eigenvalue weighted by atomic mass is 16.6. The highest BCUT2D eigenvalue weighted by Gasteiger charge is 2.21. The normalized spacial score (nSPS) is 14.0. The maximum atomic E-state index is 11.8. The molecule has 1 saturated heterocycles. The van der Waals surface area contributed by atoms with Crippen LogP contribution in [0.4, 0.5) is 22.7 Å². The number of non-ortho nitro benzene ring substituents is 1. The smallest absolute Gasteiger partial charge is 0.278 e. The lowest BCUT2D eigenvalue weighted by Crippen LogP contribution is -2.23. The maximum absolute atomic E-state index is 11.8. The van der Waals surface area contributed by atoms with Crippen molar-refractivity contribution < 1.29 is 9.72 Å². The van der Waals surface area contributed by atoms with Gasteiger partial charge in [0.25, 0.3) is 5.69 Å². The molecule has 7 nitrogen and oxygen atoms in total. The number of nitro benzene ring substituents is 1. The van der Waals surface area contributed by atoms with Gasteiger partial charge in [0, 0.05) is 53.9 Å². The summed E-state index contributed by atoms with van der Waals surface area (Å²) < 4.78 is 0. The van der Waals surface area contributed by atoms with Crippen LogP contribution in [0, 0.1) is 10.1 Å². The molecule has 2 aromatic carbocycles. The highest BCUT2D eigenvalue weighted by Crippen LogP contribution is 2.33. The van der Waals surface area contributed by atoms with Crippen molar-refractivity contribution in [3.05, 3.63) is 65.0 Å². The summed E-state index contributed by atoms with van der Waals surface area (Å²) in [5.41, 5.74) is 2.52. The lowest BCUT2D eigenvalue weighted by Gasteiger charge is -2.16. The van der Waals surface area contributed by atoms with Gasteiger partial charge in [0.05, 0.1) is 10.3 Å². The van der Waals surface area contributed by atoms with E-state index in [1.165, 1.54) is 12.3 Å². The monoisotopic (exact) mass is 348 g/mol. The number of nitrogens with zero attached hydrogens (tertiary/aromatic N) is 3. The molecule has 26 heavy (non-hydrogen) atoms. The lowest BCUT2D eigenvalue weighted by atomic mass is 10.1. The Kier molecular flexibility index (Phi) is 3.96. The van der Waals surface area contributed by atoms with Crippen LogP contribution >= 0.6 is 0 Å². The minimum absolute atomic E-state index is 0.0292. The third kappa shape index (κ3) is 2.83. The van der Waals surface area contributed by atoms with Crippen molar-refractivity contribution in [3.8, 4) is 0 Å². The van der Waals surface area contributed by atoms with Crippen molar-refractivity contribution in [1.82, 2.24) is 4.98 Å². The van der Waals surface area contributed by atoms with Crippen LogP contribution in [0.5, 0.6) is 0 Å². The van der Waals surface area contributed by atoms with Gasteiger partial charge in [0.2, 0.25) is 5.91 Å². The van der Waals surface area contributed by atoms with Gasteiger partial charge in [0.15, 0.2) is 0 Å². The quantitative estimate of drug-likeness (QED) is 0.568. The summed E-state index contributed by atoms with van der Waals surface area (Å²) in [4.78, 5) is 28.4. The van der Waals surface area contributed by atoms with Gasteiger partial charge in [0.1, 0.15) is 0 Å². The third-order valence-electron chi connectivity index (χ3n) is 4.52. The van der Waals surface area contributed by atoms with Gasteiger partial charge < -0.3 is 10.2 Å². The molecule has 0 aliphatic carbocycles. The van der Waals surface area contributed by atoms with Gasteiger partial charge in [-0.1, -0.05) is 0 Å². The van der Waals surface area contributed by atoms with Gasteiger partial charge in [-0.25, -0.2) is 0 Å². The van der Waals surface area contributed by atoms with Crippen LogP contribution in [0.1, 0.15) is 12.8 Å². The van der Waals surface area contributed by atoms with Gasteiger partial charge in [-0.05, 0) is 42.8 Å². The number of amides is 1. The van der Waals surface area contributed by atoms with Gasteiger partial charge in [-0.2, -0.15) is 0 Å². The second-order valence-corrected chi connectivity index (χ2v) is 6.13. The Hall–Kier alpha value is -3.48. The van der Waals surface area contributed by atoms with Gasteiger partial charge in [-0.15, -0.1) is 0 Å². The number of fused-ring (bicyclic) bond motifs is 1. The second kappa shape index (κ2) is 6.44. The predicted octanol–water partition coefficient (Wildman–Crippen LogP) is 4.01. The standard InChI is InChI=1S/C19H16N4O3/c24-19-2-1-11-22(19)14-5-3-13(4-6-14)21-17-7-8-18(23(25)26)16-12-20-10-9-15(16)17/h3-10,12,21H,1-2,11H2. The summed E-state index contributed by atoms with van der Waals surface area (Å²) in [5.74, 6) is 0.152. The van der Waals surface area contributed by atoms with E-state index in [2.05, 4.69) is 10.3 Å². The van der Waals surface area contributed by atoms with Crippen molar-refractivity contribution in [3.63, 3.8) is 0 Å². The number of nitro groups is 1. The summed E-state index contributed by atoms with van der Waals surface area (Å²) in [6.45, 7) is 0.756. The Morgan fingerprint density at radius 1 is 1.08 bits per heavy atom.